The van der Waals surface area contributed by atoms with Crippen molar-refractivity contribution in [2.75, 3.05) is 31.3 Å². The Bertz CT molecular complexity index is 779. The molecule has 2 aliphatic rings. The summed E-state index contributed by atoms with van der Waals surface area (Å²) >= 11 is 6.21. The molecule has 0 amide bonds. The van der Waals surface area contributed by atoms with Gasteiger partial charge in [0, 0.05) is 23.8 Å². The van der Waals surface area contributed by atoms with Crippen molar-refractivity contribution in [2.24, 2.45) is 0 Å². The van der Waals surface area contributed by atoms with E-state index in [1.165, 1.54) is 12.1 Å². The van der Waals surface area contributed by atoms with Crippen molar-refractivity contribution in [1.29, 1.82) is 0 Å². The molecule has 4 rings (SSSR count). The van der Waals surface area contributed by atoms with E-state index < -0.39 is 4.92 Å². The van der Waals surface area contributed by atoms with Crippen LogP contribution in [-0.2, 0) is 9.47 Å². The number of nitro benzene ring substituents is 1. The summed E-state index contributed by atoms with van der Waals surface area (Å²) in [6, 6.07) is 8.00. The van der Waals surface area contributed by atoms with E-state index in [-0.39, 0.29) is 17.8 Å². The Kier molecular flexibility index (Phi) is 4.24. The maximum Gasteiger partial charge on any atom is 0.269 e. The van der Waals surface area contributed by atoms with Crippen LogP contribution in [0.25, 0.3) is 11.4 Å². The van der Waals surface area contributed by atoms with E-state index in [0.29, 0.717) is 43.0 Å². The van der Waals surface area contributed by atoms with Crippen molar-refractivity contribution in [2.45, 2.75) is 12.1 Å². The minimum Gasteiger partial charge on any atom is -0.377 e. The van der Waals surface area contributed by atoms with Crippen molar-refractivity contribution in [3.8, 4) is 11.4 Å². The molecule has 130 valence electrons. The average molecular weight is 363 g/mol. The van der Waals surface area contributed by atoms with E-state index in [0.717, 1.165) is 5.82 Å². The number of fused-ring (bicyclic) bond motifs is 2. The molecular weight excluding hydrogens is 348 g/mol. The number of rotatable bonds is 3. The van der Waals surface area contributed by atoms with Gasteiger partial charge in [0.05, 0.1) is 43.4 Å². The number of hydrogen-bond acceptors (Lipinski definition) is 7. The lowest BCUT2D eigenvalue weighted by Crippen LogP contribution is -2.60. The fourth-order valence-electron chi connectivity index (χ4n) is 3.17. The minimum absolute atomic E-state index is 0.0193. The van der Waals surface area contributed by atoms with Gasteiger partial charge in [0.15, 0.2) is 5.82 Å². The molecule has 1 aromatic carbocycles. The van der Waals surface area contributed by atoms with Crippen molar-refractivity contribution in [3.05, 3.63) is 45.6 Å². The number of aromatic nitrogens is 2. The number of nitro groups is 1. The smallest absolute Gasteiger partial charge is 0.269 e. The zero-order valence-corrected chi connectivity index (χ0v) is 13.9. The van der Waals surface area contributed by atoms with Gasteiger partial charge in [0.2, 0.25) is 0 Å². The summed E-state index contributed by atoms with van der Waals surface area (Å²) in [4.78, 5) is 21.4. The highest BCUT2D eigenvalue weighted by Gasteiger charge is 2.36. The molecule has 2 bridgehead atoms. The van der Waals surface area contributed by atoms with Crippen molar-refractivity contribution < 1.29 is 14.4 Å². The van der Waals surface area contributed by atoms with Gasteiger partial charge in [-0.15, -0.1) is 0 Å². The SMILES string of the molecule is O=[N+]([O-])c1ccc(-c2nc(Cl)cc(N3C4COCC3COC4)n2)cc1. The van der Waals surface area contributed by atoms with Crippen LogP contribution in [0.4, 0.5) is 11.5 Å². The zero-order chi connectivity index (χ0) is 17.4. The summed E-state index contributed by atoms with van der Waals surface area (Å²) < 4.78 is 11.2. The zero-order valence-electron chi connectivity index (χ0n) is 13.2. The Morgan fingerprint density at radius 1 is 1.08 bits per heavy atom. The molecule has 2 aromatic rings. The van der Waals surface area contributed by atoms with Gasteiger partial charge in [0.1, 0.15) is 11.0 Å². The number of halogens is 1. The van der Waals surface area contributed by atoms with Gasteiger partial charge in [0.25, 0.3) is 5.69 Å². The van der Waals surface area contributed by atoms with E-state index in [2.05, 4.69) is 14.9 Å². The summed E-state index contributed by atoms with van der Waals surface area (Å²) in [5.41, 5.74) is 0.690. The van der Waals surface area contributed by atoms with Gasteiger partial charge < -0.3 is 14.4 Å². The topological polar surface area (TPSA) is 90.6 Å². The Hall–Kier alpha value is -2.29. The van der Waals surface area contributed by atoms with Gasteiger partial charge in [-0.05, 0) is 12.1 Å². The maximum atomic E-state index is 10.8. The number of morpholine rings is 2. The summed E-state index contributed by atoms with van der Waals surface area (Å²) in [7, 11) is 0. The number of hydrogen-bond donors (Lipinski definition) is 0. The van der Waals surface area contributed by atoms with E-state index in [1.807, 2.05) is 0 Å². The van der Waals surface area contributed by atoms with E-state index in [4.69, 9.17) is 21.1 Å². The number of ether oxygens (including phenoxy) is 2. The molecule has 2 aliphatic heterocycles. The molecule has 0 atom stereocenters. The van der Waals surface area contributed by atoms with Crippen LogP contribution in [0.15, 0.2) is 30.3 Å². The number of anilines is 1. The highest BCUT2D eigenvalue weighted by molar-refractivity contribution is 6.29. The highest BCUT2D eigenvalue weighted by Crippen LogP contribution is 2.29. The molecule has 2 saturated heterocycles. The molecule has 0 spiro atoms. The fourth-order valence-corrected chi connectivity index (χ4v) is 3.35. The van der Waals surface area contributed by atoms with Crippen LogP contribution in [0.3, 0.4) is 0 Å². The summed E-state index contributed by atoms with van der Waals surface area (Å²) in [6.07, 6.45) is 0. The third-order valence-corrected chi connectivity index (χ3v) is 4.50. The summed E-state index contributed by atoms with van der Waals surface area (Å²) in [5, 5.41) is 11.1. The van der Waals surface area contributed by atoms with E-state index in [1.54, 1.807) is 18.2 Å². The highest BCUT2D eigenvalue weighted by atomic mass is 35.5. The molecule has 0 N–H and O–H groups in total. The lowest BCUT2D eigenvalue weighted by atomic mass is 10.1. The molecule has 0 radical (unpaired) electrons. The second-order valence-electron chi connectivity index (χ2n) is 5.97. The first-order valence-electron chi connectivity index (χ1n) is 7.85. The normalized spacial score (nSPS) is 22.7. The van der Waals surface area contributed by atoms with Crippen LogP contribution < -0.4 is 4.90 Å². The Balaban J connectivity index is 1.70. The second kappa shape index (κ2) is 6.55. The van der Waals surface area contributed by atoms with Gasteiger partial charge in [-0.2, -0.15) is 0 Å². The average Bonchev–Trinajstić information content (AvgIpc) is 2.60. The largest absolute Gasteiger partial charge is 0.377 e. The van der Waals surface area contributed by atoms with Crippen molar-refractivity contribution in [1.82, 2.24) is 9.97 Å². The van der Waals surface area contributed by atoms with Crippen molar-refractivity contribution in [3.63, 3.8) is 0 Å². The van der Waals surface area contributed by atoms with Crippen LogP contribution >= 0.6 is 11.6 Å². The van der Waals surface area contributed by atoms with Gasteiger partial charge in [-0.3, -0.25) is 10.1 Å². The molecule has 8 nitrogen and oxygen atoms in total. The van der Waals surface area contributed by atoms with E-state index >= 15 is 0 Å². The first kappa shape index (κ1) is 16.2. The maximum absolute atomic E-state index is 10.8. The predicted molar refractivity (Wildman–Crippen MR) is 90.8 cm³/mol. The quantitative estimate of drug-likeness (QED) is 0.470. The molecule has 0 unspecified atom stereocenters. The minimum atomic E-state index is -0.442. The first-order chi connectivity index (χ1) is 12.1. The molecule has 1 aromatic heterocycles. The van der Waals surface area contributed by atoms with E-state index in [9.17, 15) is 10.1 Å². The third-order valence-electron chi connectivity index (χ3n) is 4.31. The Labute approximate surface area is 148 Å². The number of non-ortho nitro benzene ring substituents is 1. The molecule has 9 heteroatoms. The molecule has 3 heterocycles. The molecule has 25 heavy (non-hydrogen) atoms. The second-order valence-corrected chi connectivity index (χ2v) is 6.35. The Morgan fingerprint density at radius 3 is 2.24 bits per heavy atom. The van der Waals surface area contributed by atoms with Crippen LogP contribution in [0.5, 0.6) is 0 Å². The molecule has 2 fully saturated rings. The fraction of sp³-hybridized carbons (Fsp3) is 0.375. The van der Waals surface area contributed by atoms with Gasteiger partial charge >= 0.3 is 0 Å². The Morgan fingerprint density at radius 2 is 1.68 bits per heavy atom. The molecular formula is C16H15ClN4O4. The lowest BCUT2D eigenvalue weighted by Gasteiger charge is -2.46. The van der Waals surface area contributed by atoms with Crippen LogP contribution in [-0.4, -0.2) is 53.4 Å². The third kappa shape index (κ3) is 3.15. The molecule has 0 saturated carbocycles. The standard InChI is InChI=1S/C16H15ClN4O4/c17-14-5-15(20-12-6-24-8-13(20)9-25-7-12)19-16(18-14)10-1-3-11(4-2-10)21(22)23/h1-5,12-13H,6-9H2. The van der Waals surface area contributed by atoms with Gasteiger partial charge in [-0.1, -0.05) is 11.6 Å². The lowest BCUT2D eigenvalue weighted by molar-refractivity contribution is -0.384. The summed E-state index contributed by atoms with van der Waals surface area (Å²) in [6.45, 7) is 2.30. The number of benzene rings is 1. The summed E-state index contributed by atoms with van der Waals surface area (Å²) in [5.74, 6) is 1.15. The van der Waals surface area contributed by atoms with Crippen LogP contribution in [0, 0.1) is 10.1 Å². The predicted octanol–water partition coefficient (Wildman–Crippen LogP) is 2.31. The van der Waals surface area contributed by atoms with Crippen LogP contribution in [0.1, 0.15) is 0 Å². The van der Waals surface area contributed by atoms with Gasteiger partial charge in [-0.25, -0.2) is 9.97 Å². The number of nitrogens with zero attached hydrogens (tertiary/aromatic N) is 4. The van der Waals surface area contributed by atoms with Crippen molar-refractivity contribution >= 4 is 23.1 Å². The first-order valence-corrected chi connectivity index (χ1v) is 8.23. The van der Waals surface area contributed by atoms with Crippen LogP contribution in [0.2, 0.25) is 5.15 Å². The monoisotopic (exact) mass is 362 g/mol. The molecule has 0 aliphatic carbocycles.